The third kappa shape index (κ3) is 4.35. The van der Waals surface area contributed by atoms with E-state index in [1.54, 1.807) is 26.8 Å². The Morgan fingerprint density at radius 3 is 2.70 bits per heavy atom. The smallest absolute Gasteiger partial charge is 0.324 e. The molecule has 0 spiro atoms. The quantitative estimate of drug-likeness (QED) is 0.315. The fourth-order valence-corrected chi connectivity index (χ4v) is 5.17. The van der Waals surface area contributed by atoms with Gasteiger partial charge in [0.25, 0.3) is 0 Å². The summed E-state index contributed by atoms with van der Waals surface area (Å²) in [5.41, 5.74) is 5.09. The van der Waals surface area contributed by atoms with Crippen molar-refractivity contribution in [3.8, 4) is 0 Å². The predicted octanol–water partition coefficient (Wildman–Crippen LogP) is 2.58. The van der Waals surface area contributed by atoms with Crippen molar-refractivity contribution < 1.29 is 17.9 Å². The molecule has 1 aliphatic heterocycles. The Balaban J connectivity index is 1.98. The van der Waals surface area contributed by atoms with Gasteiger partial charge in [-0.2, -0.15) is 4.31 Å². The Kier molecular flexibility index (Phi) is 5.94. The molecule has 0 saturated carbocycles. The molecule has 0 amide bonds. The molecule has 1 unspecified atom stereocenters. The van der Waals surface area contributed by atoms with E-state index >= 15 is 0 Å². The maximum atomic E-state index is 13.3. The molecule has 0 radical (unpaired) electrons. The molecular weight excluding hydrogens is 430 g/mol. The molecule has 2 heterocycles. The molecule has 1 atom stereocenters. The number of guanidine groups is 1. The van der Waals surface area contributed by atoms with E-state index in [0.29, 0.717) is 29.3 Å². The van der Waals surface area contributed by atoms with Crippen molar-refractivity contribution in [3.05, 3.63) is 30.6 Å². The summed E-state index contributed by atoms with van der Waals surface area (Å²) in [6, 6.07) is 3.63. The van der Waals surface area contributed by atoms with Crippen molar-refractivity contribution >= 4 is 50.2 Å². The normalized spacial score (nSPS) is 17.8. The van der Waals surface area contributed by atoms with Crippen molar-refractivity contribution in [1.29, 1.82) is 5.41 Å². The number of hydrogen-bond donors (Lipinski definition) is 2. The van der Waals surface area contributed by atoms with E-state index < -0.39 is 27.6 Å². The van der Waals surface area contributed by atoms with E-state index in [4.69, 9.17) is 27.7 Å². The lowest BCUT2D eigenvalue weighted by molar-refractivity contribution is -0.158. The van der Waals surface area contributed by atoms with Crippen LogP contribution >= 0.6 is 11.8 Å². The number of carbonyl (C=O) groups is 1. The van der Waals surface area contributed by atoms with Gasteiger partial charge < -0.3 is 10.5 Å². The topological polar surface area (TPSA) is 130 Å². The lowest BCUT2D eigenvalue weighted by atomic mass is 10.1. The molecular formula is C19H24ClN5O4S. The number of fused-ring (bicyclic) bond motifs is 1. The van der Waals surface area contributed by atoms with Gasteiger partial charge in [-0.25, -0.2) is 12.8 Å². The lowest BCUT2D eigenvalue weighted by Crippen LogP contribution is -2.43. The summed E-state index contributed by atoms with van der Waals surface area (Å²) in [5.74, 6) is -0.938. The van der Waals surface area contributed by atoms with Crippen LogP contribution in [0.2, 0.25) is 0 Å². The molecule has 11 heteroatoms. The van der Waals surface area contributed by atoms with Crippen LogP contribution in [-0.2, 0) is 19.6 Å². The van der Waals surface area contributed by atoms with Crippen molar-refractivity contribution in [2.24, 2.45) is 5.73 Å². The van der Waals surface area contributed by atoms with E-state index in [2.05, 4.69) is 4.98 Å². The minimum atomic E-state index is -3.94. The third-order valence-electron chi connectivity index (χ3n) is 4.62. The monoisotopic (exact) mass is 453 g/mol. The molecule has 3 rings (SSSR count). The fraction of sp³-hybridized carbons (Fsp3) is 0.421. The largest absolute Gasteiger partial charge is 0.459 e. The number of aromatic nitrogens is 1. The van der Waals surface area contributed by atoms with Gasteiger partial charge in [0.05, 0.1) is 16.8 Å². The number of nitrogens with two attached hydrogens (primary N) is 1. The number of pyridine rings is 1. The Hall–Kier alpha value is -2.43. The molecule has 0 aliphatic carbocycles. The van der Waals surface area contributed by atoms with Gasteiger partial charge in [0, 0.05) is 35.3 Å². The van der Waals surface area contributed by atoms with Gasteiger partial charge in [0.1, 0.15) is 11.6 Å². The molecule has 9 nitrogen and oxygen atoms in total. The van der Waals surface area contributed by atoms with Crippen molar-refractivity contribution in [2.45, 2.75) is 50.2 Å². The summed E-state index contributed by atoms with van der Waals surface area (Å²) in [4.78, 5) is 16.6. The number of rotatable bonds is 4. The van der Waals surface area contributed by atoms with Crippen LogP contribution in [0.3, 0.4) is 0 Å². The summed E-state index contributed by atoms with van der Waals surface area (Å²) in [7, 11) is -3.94. The van der Waals surface area contributed by atoms with Crippen LogP contribution in [-0.4, -0.2) is 47.8 Å². The van der Waals surface area contributed by atoms with Gasteiger partial charge in [-0.15, -0.1) is 0 Å². The number of nitrogens with one attached hydrogen (secondary N) is 1. The molecule has 0 bridgehead atoms. The summed E-state index contributed by atoms with van der Waals surface area (Å²) < 4.78 is 34.1. The first-order chi connectivity index (χ1) is 13.9. The molecule has 3 N–H and O–H groups in total. The standard InChI is InChI=1S/C19H24ClN5O4S/c1-19(2,3)29-17(26)15-5-4-8-24(15)30(27,28)13-6-7-14-12(9-13)10-23-11-16(14)25(20)18(21)22/h6-7,9-11,15H,4-5,8H2,1-3H3,(H3,21,22). The minimum Gasteiger partial charge on any atom is -0.459 e. The second kappa shape index (κ2) is 8.01. The summed E-state index contributed by atoms with van der Waals surface area (Å²) in [6.07, 6.45) is 3.91. The molecule has 1 saturated heterocycles. The van der Waals surface area contributed by atoms with E-state index in [0.717, 1.165) is 4.42 Å². The molecule has 2 aromatic rings. The third-order valence-corrected chi connectivity index (χ3v) is 6.89. The van der Waals surface area contributed by atoms with E-state index in [1.165, 1.54) is 28.8 Å². The van der Waals surface area contributed by atoms with E-state index in [-0.39, 0.29) is 17.4 Å². The second-order valence-corrected chi connectivity index (χ2v) is 10.2. The zero-order valence-corrected chi connectivity index (χ0v) is 18.5. The Bertz CT molecular complexity index is 1100. The molecule has 162 valence electrons. The highest BCUT2D eigenvalue weighted by atomic mass is 35.5. The highest BCUT2D eigenvalue weighted by Crippen LogP contribution is 2.32. The maximum absolute atomic E-state index is 13.3. The number of nitrogens with zero attached hydrogens (tertiary/aromatic N) is 3. The summed E-state index contributed by atoms with van der Waals surface area (Å²) >= 11 is 6.03. The molecule has 1 aromatic carbocycles. The second-order valence-electron chi connectivity index (χ2n) is 8.01. The fourth-order valence-electron chi connectivity index (χ4n) is 3.35. The molecule has 1 aliphatic rings. The molecule has 1 fully saturated rings. The molecule has 1 aromatic heterocycles. The van der Waals surface area contributed by atoms with Gasteiger partial charge in [0.15, 0.2) is 0 Å². The number of esters is 1. The lowest BCUT2D eigenvalue weighted by Gasteiger charge is -2.27. The van der Waals surface area contributed by atoms with Gasteiger partial charge in [-0.1, -0.05) is 6.07 Å². The van der Waals surface area contributed by atoms with Crippen molar-refractivity contribution in [3.63, 3.8) is 0 Å². The number of ether oxygens (including phenoxy) is 1. The predicted molar refractivity (Wildman–Crippen MR) is 115 cm³/mol. The van der Waals surface area contributed by atoms with Crippen LogP contribution in [0, 0.1) is 5.41 Å². The SMILES string of the molecule is CC(C)(C)OC(=O)C1CCCN1S(=O)(=O)c1ccc2c(N(Cl)C(=N)N)cncc2c1. The highest BCUT2D eigenvalue weighted by molar-refractivity contribution is 7.89. The number of halogens is 1. The number of sulfonamides is 1. The Labute approximate surface area is 180 Å². The first-order valence-electron chi connectivity index (χ1n) is 9.34. The molecule has 30 heavy (non-hydrogen) atoms. The zero-order valence-electron chi connectivity index (χ0n) is 16.9. The van der Waals surface area contributed by atoms with Crippen LogP contribution in [0.15, 0.2) is 35.5 Å². The van der Waals surface area contributed by atoms with Gasteiger partial charge in [-0.05, 0) is 45.7 Å². The Morgan fingerprint density at radius 2 is 2.07 bits per heavy atom. The number of benzene rings is 1. The van der Waals surface area contributed by atoms with Gasteiger partial charge >= 0.3 is 5.97 Å². The number of anilines is 1. The van der Waals surface area contributed by atoms with Crippen LogP contribution in [0.1, 0.15) is 33.6 Å². The van der Waals surface area contributed by atoms with Crippen LogP contribution in [0.25, 0.3) is 10.8 Å². The van der Waals surface area contributed by atoms with Crippen molar-refractivity contribution in [2.75, 3.05) is 11.0 Å². The van der Waals surface area contributed by atoms with Crippen LogP contribution in [0.5, 0.6) is 0 Å². The first kappa shape index (κ1) is 22.3. The van der Waals surface area contributed by atoms with Crippen LogP contribution in [0.4, 0.5) is 5.69 Å². The van der Waals surface area contributed by atoms with Crippen LogP contribution < -0.4 is 10.2 Å². The van der Waals surface area contributed by atoms with E-state index in [1.807, 2.05) is 0 Å². The minimum absolute atomic E-state index is 0.0355. The summed E-state index contributed by atoms with van der Waals surface area (Å²) in [6.45, 7) is 5.47. The zero-order chi connectivity index (χ0) is 22.3. The Morgan fingerprint density at radius 1 is 1.37 bits per heavy atom. The first-order valence-corrected chi connectivity index (χ1v) is 11.1. The highest BCUT2D eigenvalue weighted by Gasteiger charge is 2.41. The number of carbonyl (C=O) groups excluding carboxylic acids is 1. The van der Waals surface area contributed by atoms with Gasteiger partial charge in [-0.3, -0.25) is 15.2 Å². The average molecular weight is 454 g/mol. The van der Waals surface area contributed by atoms with E-state index in [9.17, 15) is 13.2 Å². The number of hydrogen-bond acceptors (Lipinski definition) is 6. The van der Waals surface area contributed by atoms with Gasteiger partial charge in [0.2, 0.25) is 16.0 Å². The maximum Gasteiger partial charge on any atom is 0.324 e. The average Bonchev–Trinajstić information content (AvgIpc) is 3.16. The van der Waals surface area contributed by atoms with Crippen molar-refractivity contribution in [1.82, 2.24) is 9.29 Å². The summed E-state index contributed by atoms with van der Waals surface area (Å²) in [5, 5.41) is 8.58.